The maximum atomic E-state index is 5.68. The van der Waals surface area contributed by atoms with Crippen molar-refractivity contribution in [1.82, 2.24) is 0 Å². The zero-order valence-electron chi connectivity index (χ0n) is 12.6. The topological polar surface area (TPSA) is 9.23 Å². The second-order valence-corrected chi connectivity index (χ2v) is 6.80. The van der Waals surface area contributed by atoms with Gasteiger partial charge in [0.05, 0.1) is 6.61 Å². The quantitative estimate of drug-likeness (QED) is 0.576. The Morgan fingerprint density at radius 3 is 2.00 bits per heavy atom. The van der Waals surface area contributed by atoms with Gasteiger partial charge in [-0.2, -0.15) is 0 Å². The first-order valence-electron chi connectivity index (χ1n) is 7.60. The van der Waals surface area contributed by atoms with Crippen LogP contribution in [0.1, 0.15) is 73.1 Å². The minimum Gasteiger partial charge on any atom is -0.381 e. The van der Waals surface area contributed by atoms with E-state index in [-0.39, 0.29) is 0 Å². The minimum atomic E-state index is 0.511. The second-order valence-electron chi connectivity index (χ2n) is 6.80. The van der Waals surface area contributed by atoms with Crippen LogP contribution in [0.25, 0.3) is 0 Å². The molecular weight excluding hydrogens is 208 g/mol. The molecule has 0 aromatic carbocycles. The molecule has 2 rings (SSSR count). The lowest BCUT2D eigenvalue weighted by molar-refractivity contribution is -0.0449. The average Bonchev–Trinajstić information content (AvgIpc) is 2.32. The van der Waals surface area contributed by atoms with Gasteiger partial charge in [0, 0.05) is 6.61 Å². The van der Waals surface area contributed by atoms with E-state index in [4.69, 9.17) is 4.74 Å². The van der Waals surface area contributed by atoms with Crippen molar-refractivity contribution in [3.8, 4) is 0 Å². The average molecular weight is 240 g/mol. The first kappa shape index (κ1) is 15.0. The molecule has 0 aromatic rings. The second kappa shape index (κ2) is 6.22. The Morgan fingerprint density at radius 2 is 1.59 bits per heavy atom. The smallest absolute Gasteiger partial charge is 0.0522 e. The predicted molar refractivity (Wildman–Crippen MR) is 75.2 cm³/mol. The van der Waals surface area contributed by atoms with Crippen LogP contribution in [0.15, 0.2) is 0 Å². The highest BCUT2D eigenvalue weighted by molar-refractivity contribution is 4.90. The monoisotopic (exact) mass is 240 g/mol. The number of rotatable bonds is 0. The predicted octanol–water partition coefficient (Wildman–Crippen LogP) is 5.05. The molecule has 17 heavy (non-hydrogen) atoms. The third-order valence-corrected chi connectivity index (χ3v) is 4.68. The van der Waals surface area contributed by atoms with Crippen molar-refractivity contribution in [3.05, 3.63) is 0 Å². The molecule has 0 unspecified atom stereocenters. The summed E-state index contributed by atoms with van der Waals surface area (Å²) in [6.07, 6.45) is 8.38. The van der Waals surface area contributed by atoms with E-state index in [0.29, 0.717) is 10.8 Å². The lowest BCUT2D eigenvalue weighted by Gasteiger charge is -2.45. The van der Waals surface area contributed by atoms with Crippen LogP contribution in [0.5, 0.6) is 0 Å². The lowest BCUT2D eigenvalue weighted by atomic mass is 9.62. The standard InChI is InChI=1S/C14H26O.C2H6/c1-13(2,3)12-5-8-14(9-6-12)7-4-10-15-11-14;1-2/h12H,4-11H2,1-3H3;1-2H3. The number of hydrogen-bond donors (Lipinski definition) is 0. The fraction of sp³-hybridized carbons (Fsp3) is 1.00. The van der Waals surface area contributed by atoms with Gasteiger partial charge in [0.25, 0.3) is 0 Å². The molecule has 102 valence electrons. The molecule has 1 aliphatic carbocycles. The highest BCUT2D eigenvalue weighted by atomic mass is 16.5. The summed E-state index contributed by atoms with van der Waals surface area (Å²) in [6, 6.07) is 0. The number of hydrogen-bond acceptors (Lipinski definition) is 1. The van der Waals surface area contributed by atoms with Crippen molar-refractivity contribution in [1.29, 1.82) is 0 Å². The van der Waals surface area contributed by atoms with E-state index in [1.807, 2.05) is 13.8 Å². The van der Waals surface area contributed by atoms with E-state index in [1.54, 1.807) is 0 Å². The highest BCUT2D eigenvalue weighted by Crippen LogP contribution is 2.48. The van der Waals surface area contributed by atoms with E-state index in [1.165, 1.54) is 38.5 Å². The van der Waals surface area contributed by atoms with Gasteiger partial charge in [-0.1, -0.05) is 34.6 Å². The number of ether oxygens (including phenoxy) is 1. The van der Waals surface area contributed by atoms with Crippen molar-refractivity contribution in [3.63, 3.8) is 0 Å². The van der Waals surface area contributed by atoms with Gasteiger partial charge in [-0.25, -0.2) is 0 Å². The van der Waals surface area contributed by atoms with Crippen molar-refractivity contribution in [2.75, 3.05) is 13.2 Å². The van der Waals surface area contributed by atoms with E-state index >= 15 is 0 Å². The summed E-state index contributed by atoms with van der Waals surface area (Å²) in [5.41, 5.74) is 1.09. The van der Waals surface area contributed by atoms with Gasteiger partial charge in [0.1, 0.15) is 0 Å². The van der Waals surface area contributed by atoms with Crippen molar-refractivity contribution in [2.45, 2.75) is 73.1 Å². The van der Waals surface area contributed by atoms with Gasteiger partial charge in [-0.05, 0) is 55.3 Å². The molecule has 1 saturated carbocycles. The first-order valence-corrected chi connectivity index (χ1v) is 7.60. The summed E-state index contributed by atoms with van der Waals surface area (Å²) in [6.45, 7) is 13.2. The molecule has 0 aromatic heterocycles. The molecule has 2 fully saturated rings. The molecule has 1 heterocycles. The van der Waals surface area contributed by atoms with Crippen LogP contribution in [-0.2, 0) is 4.74 Å². The van der Waals surface area contributed by atoms with Crippen LogP contribution >= 0.6 is 0 Å². The van der Waals surface area contributed by atoms with Gasteiger partial charge in [-0.15, -0.1) is 0 Å². The van der Waals surface area contributed by atoms with Gasteiger partial charge in [0.15, 0.2) is 0 Å². The van der Waals surface area contributed by atoms with Crippen LogP contribution in [0.3, 0.4) is 0 Å². The molecule has 0 N–H and O–H groups in total. The molecule has 0 radical (unpaired) electrons. The summed E-state index contributed by atoms with van der Waals surface area (Å²) >= 11 is 0. The van der Waals surface area contributed by atoms with Crippen LogP contribution in [0.2, 0.25) is 0 Å². The van der Waals surface area contributed by atoms with Gasteiger partial charge in [-0.3, -0.25) is 0 Å². The molecule has 2 aliphatic rings. The molecule has 1 saturated heterocycles. The Kier molecular flexibility index (Phi) is 5.50. The van der Waals surface area contributed by atoms with Crippen LogP contribution in [0.4, 0.5) is 0 Å². The SMILES string of the molecule is CC.CC(C)(C)C1CCC2(CCCOC2)CC1. The molecule has 0 bridgehead atoms. The van der Waals surface area contributed by atoms with E-state index < -0.39 is 0 Å². The van der Waals surface area contributed by atoms with Crippen LogP contribution in [0, 0.1) is 16.7 Å². The summed E-state index contributed by atoms with van der Waals surface area (Å²) < 4.78 is 5.68. The molecule has 1 aliphatic heterocycles. The zero-order valence-corrected chi connectivity index (χ0v) is 12.6. The maximum absolute atomic E-state index is 5.68. The molecule has 1 heteroatoms. The van der Waals surface area contributed by atoms with E-state index in [2.05, 4.69) is 20.8 Å². The third-order valence-electron chi connectivity index (χ3n) is 4.68. The van der Waals surface area contributed by atoms with Crippen molar-refractivity contribution >= 4 is 0 Å². The normalized spacial score (nSPS) is 34.1. The molecular formula is C16H32O. The summed E-state index contributed by atoms with van der Waals surface area (Å²) in [7, 11) is 0. The van der Waals surface area contributed by atoms with Gasteiger partial charge in [0.2, 0.25) is 0 Å². The molecule has 1 spiro atoms. The summed E-state index contributed by atoms with van der Waals surface area (Å²) in [5, 5.41) is 0. The fourth-order valence-corrected chi connectivity index (χ4v) is 3.40. The van der Waals surface area contributed by atoms with Gasteiger partial charge < -0.3 is 4.74 Å². The van der Waals surface area contributed by atoms with Crippen molar-refractivity contribution in [2.24, 2.45) is 16.7 Å². The molecule has 0 atom stereocenters. The largest absolute Gasteiger partial charge is 0.381 e. The third kappa shape index (κ3) is 3.98. The van der Waals surface area contributed by atoms with E-state index in [0.717, 1.165) is 19.1 Å². The summed E-state index contributed by atoms with van der Waals surface area (Å²) in [4.78, 5) is 0. The fourth-order valence-electron chi connectivity index (χ4n) is 3.40. The Morgan fingerprint density at radius 1 is 1.00 bits per heavy atom. The van der Waals surface area contributed by atoms with Crippen LogP contribution < -0.4 is 0 Å². The Labute approximate surface area is 108 Å². The Balaban J connectivity index is 0.000000686. The van der Waals surface area contributed by atoms with Crippen LogP contribution in [-0.4, -0.2) is 13.2 Å². The Hall–Kier alpha value is -0.0400. The maximum Gasteiger partial charge on any atom is 0.0522 e. The Bertz CT molecular complexity index is 198. The summed E-state index contributed by atoms with van der Waals surface area (Å²) in [5.74, 6) is 0.935. The van der Waals surface area contributed by atoms with Crippen molar-refractivity contribution < 1.29 is 4.74 Å². The van der Waals surface area contributed by atoms with E-state index in [9.17, 15) is 0 Å². The zero-order chi connectivity index (χ0) is 12.9. The lowest BCUT2D eigenvalue weighted by Crippen LogP contribution is -2.38. The van der Waals surface area contributed by atoms with Gasteiger partial charge >= 0.3 is 0 Å². The highest BCUT2D eigenvalue weighted by Gasteiger charge is 2.39. The molecule has 1 nitrogen and oxygen atoms in total. The first-order chi connectivity index (χ1) is 8.02. The minimum absolute atomic E-state index is 0.511. The molecule has 0 amide bonds.